The smallest absolute Gasteiger partial charge is 0 e. The van der Waals surface area contributed by atoms with Gasteiger partial charge in [-0.05, 0) is 0 Å². The van der Waals surface area contributed by atoms with Crippen LogP contribution in [0.1, 0.15) is 0 Å². The van der Waals surface area contributed by atoms with E-state index >= 15 is 0 Å². The van der Waals surface area contributed by atoms with Gasteiger partial charge in [0.05, 0.1) is 0 Å². The van der Waals surface area contributed by atoms with E-state index in [1.54, 1.807) is 0 Å². The van der Waals surface area contributed by atoms with Gasteiger partial charge >= 0.3 is 44.3 Å². The Labute approximate surface area is 102 Å². The Morgan fingerprint density at radius 2 is 1.11 bits per heavy atom. The molecule has 3 N–H and O–H groups in total. The first-order chi connectivity index (χ1) is 2.00. The molecule has 0 aliphatic heterocycles. The van der Waals surface area contributed by atoms with Crippen LogP contribution in [0.4, 0.5) is 0 Å². The van der Waals surface area contributed by atoms with Gasteiger partial charge in [0.25, 0.3) is 0 Å². The Balaban J connectivity index is -0.0000000133. The number of hydrogen-bond donors (Lipinski definition) is 3. The first-order valence-corrected chi connectivity index (χ1v) is 2.35. The number of phosphoric acid groups is 1. The van der Waals surface area contributed by atoms with Crippen LogP contribution in [-0.4, -0.2) is 68.5 Å². The molecule has 9 heavy (non-hydrogen) atoms. The first kappa shape index (κ1) is 30.0. The summed E-state index contributed by atoms with van der Waals surface area (Å²) >= 11 is 0. The average molecular weight is 260 g/mol. The van der Waals surface area contributed by atoms with Crippen LogP contribution in [0.3, 0.4) is 0 Å². The van der Waals surface area contributed by atoms with Crippen molar-refractivity contribution in [1.29, 1.82) is 0 Å². The molecule has 0 saturated carbocycles. The Hall–Kier alpha value is 2.50. The van der Waals surface area contributed by atoms with Crippen molar-refractivity contribution in [3.63, 3.8) is 0 Å². The van der Waals surface area contributed by atoms with Gasteiger partial charge in [0.2, 0.25) is 0 Å². The molecule has 0 amide bonds. The quantitative estimate of drug-likeness (QED) is 0.305. The van der Waals surface area contributed by atoms with E-state index < -0.39 is 7.82 Å². The molecule has 0 unspecified atom stereocenters. The monoisotopic (exact) mass is 262 g/mol. The zero-order valence-corrected chi connectivity index (χ0v) is 5.15. The molecule has 0 fully saturated rings. The third-order valence-corrected chi connectivity index (χ3v) is 0. The molecule has 4 nitrogen and oxygen atoms in total. The summed E-state index contributed by atoms with van der Waals surface area (Å²) in [7, 11) is -4.64. The zero-order chi connectivity index (χ0) is 4.50. The maximum Gasteiger partial charge on any atom is 0 e. The van der Waals surface area contributed by atoms with Crippen molar-refractivity contribution in [2.45, 2.75) is 0 Å². The largest absolute Gasteiger partial charge is 0 e. The maximum atomic E-state index is 8.88. The van der Waals surface area contributed by atoms with Gasteiger partial charge in [-0.2, -0.15) is 0 Å². The molecule has 0 rings (SSSR count). The maximum absolute atomic E-state index is 8.88. The fraction of sp³-hybridized carbons (Fsp3) is 0. The van der Waals surface area contributed by atoms with E-state index in [1.807, 2.05) is 0 Å². The summed E-state index contributed by atoms with van der Waals surface area (Å²) in [5.41, 5.74) is 0. The van der Waals surface area contributed by atoms with Gasteiger partial charge < -0.3 is 14.7 Å². The van der Waals surface area contributed by atoms with Crippen LogP contribution in [-0.2, 0) is 26.3 Å². The Morgan fingerprint density at radius 3 is 1.11 bits per heavy atom. The first-order valence-electron chi connectivity index (χ1n) is 0.783. The van der Waals surface area contributed by atoms with Crippen LogP contribution < -0.4 is 0 Å². The van der Waals surface area contributed by atoms with Gasteiger partial charge in [0.1, 0.15) is 0 Å². The van der Waals surface area contributed by atoms with Crippen molar-refractivity contribution in [1.82, 2.24) is 0 Å². The number of rotatable bonds is 0. The summed E-state index contributed by atoms with van der Waals surface area (Å²) in [4.78, 5) is 21.6. The van der Waals surface area contributed by atoms with Crippen molar-refractivity contribution < 1.29 is 41.0 Å². The Kier molecular flexibility index (Phi) is 43.7. The number of hydrogen-bond acceptors (Lipinski definition) is 1. The normalized spacial score (nSPS) is 6.56. The molecule has 9 heteroatoms. The molecule has 0 aromatic heterocycles. The van der Waals surface area contributed by atoms with E-state index in [0.717, 1.165) is 0 Å². The van der Waals surface area contributed by atoms with E-state index in [2.05, 4.69) is 0 Å². The predicted molar refractivity (Wildman–Crippen MR) is 42.7 cm³/mol. The molecule has 0 saturated heterocycles. The van der Waals surface area contributed by atoms with E-state index in [1.165, 1.54) is 0 Å². The molecule has 0 bridgehead atoms. The zero-order valence-electron chi connectivity index (χ0n) is 2.70. The summed E-state index contributed by atoms with van der Waals surface area (Å²) in [6.45, 7) is 0. The minimum Gasteiger partial charge on any atom is 0 e. The van der Waals surface area contributed by atoms with Gasteiger partial charge in [0, 0.05) is 21.7 Å². The second-order valence-corrected chi connectivity index (χ2v) is 1.54. The van der Waals surface area contributed by atoms with E-state index in [0.29, 0.717) is 0 Å². The minimum absolute atomic E-state index is 0. The second-order valence-electron chi connectivity index (χ2n) is 0.513. The minimum atomic E-state index is -4.64. The molecule has 0 aromatic carbocycles. The van der Waals surface area contributed by atoms with Gasteiger partial charge in [0.15, 0.2) is 17.4 Å². The van der Waals surface area contributed by atoms with Crippen molar-refractivity contribution in [2.24, 2.45) is 0 Å². The van der Waals surface area contributed by atoms with Crippen molar-refractivity contribution in [2.75, 3.05) is 0 Å². The fourth-order valence-electron chi connectivity index (χ4n) is 0. The van der Waals surface area contributed by atoms with Crippen LogP contribution in [0.5, 0.6) is 0 Å². The van der Waals surface area contributed by atoms with Crippen molar-refractivity contribution >= 4 is 61.6 Å². The molecule has 0 atom stereocenters. The van der Waals surface area contributed by atoms with E-state index in [-0.39, 0.29) is 75.5 Å². The van der Waals surface area contributed by atoms with Crippen molar-refractivity contribution in [3.05, 3.63) is 0 Å². The van der Waals surface area contributed by atoms with Crippen LogP contribution in [0.2, 0.25) is 0 Å². The summed E-state index contributed by atoms with van der Waals surface area (Å²) in [5, 5.41) is 0. The third kappa shape index (κ3) is 122. The molecule has 0 aliphatic rings. The topological polar surface area (TPSA) is 77.8 Å². The van der Waals surface area contributed by atoms with E-state index in [4.69, 9.17) is 19.2 Å². The van der Waals surface area contributed by atoms with Gasteiger partial charge in [-0.25, -0.2) is 4.57 Å². The summed E-state index contributed by atoms with van der Waals surface area (Å²) in [5.74, 6) is 0. The molecule has 0 aromatic rings. The second kappa shape index (κ2) is 13.1. The average Bonchev–Trinajstić information content (AvgIpc) is 0.722. The summed E-state index contributed by atoms with van der Waals surface area (Å²) < 4.78 is 8.88. The van der Waals surface area contributed by atoms with E-state index in [9.17, 15) is 0 Å². The standard InChI is InChI=1S/Al.GeH4.Li.H3O4P.Ti.4H/c;;;1-5(2,3)4;;;;;/h;1H4;;(H3,1,2,3,4);;;;;. The fourth-order valence-corrected chi connectivity index (χ4v) is 0. The van der Waals surface area contributed by atoms with Gasteiger partial charge in [-0.1, -0.05) is 0 Å². The Morgan fingerprint density at radius 1 is 1.11 bits per heavy atom. The van der Waals surface area contributed by atoms with Crippen LogP contribution >= 0.6 is 7.82 Å². The predicted octanol–water partition coefficient (Wildman–Crippen LogP) is -4.22. The SMILES string of the molecule is O=P(O)(O)O.[AlH3].[GeH4].[LiH].[Ti]. The van der Waals surface area contributed by atoms with Gasteiger partial charge in [-0.15, -0.1) is 0 Å². The van der Waals surface area contributed by atoms with Crippen molar-refractivity contribution in [3.8, 4) is 0 Å². The van der Waals surface area contributed by atoms with Gasteiger partial charge in [-0.3, -0.25) is 0 Å². The van der Waals surface area contributed by atoms with Crippen LogP contribution in [0.15, 0.2) is 0 Å². The molecule has 52 valence electrons. The molecule has 0 aliphatic carbocycles. The van der Waals surface area contributed by atoms with Crippen LogP contribution in [0, 0.1) is 0 Å². The molecule has 0 radical (unpaired) electrons. The molecular formula is H11AlGeLiO4PTi. The summed E-state index contributed by atoms with van der Waals surface area (Å²) in [6.07, 6.45) is 0. The van der Waals surface area contributed by atoms with Crippen LogP contribution in [0.25, 0.3) is 0 Å². The Bertz CT molecular complexity index is 66.7. The molecule has 0 spiro atoms. The summed E-state index contributed by atoms with van der Waals surface area (Å²) in [6, 6.07) is 0. The molecular weight excluding hydrogens is 249 g/mol. The molecule has 0 heterocycles. The third-order valence-electron chi connectivity index (χ3n) is 0.